The number of phenolic OH excluding ortho intramolecular Hbond substituents is 3. The number of carbonyl (C=O) groups excluding carboxylic acids is 9. The van der Waals surface area contributed by atoms with Gasteiger partial charge in [-0.05, 0) is 222 Å². The molecule has 10 aliphatic rings. The molecule has 17 rings (SSSR count). The molecule has 4 aliphatic carbocycles. The molecule has 0 spiro atoms. The lowest BCUT2D eigenvalue weighted by molar-refractivity contribution is -0.270. The van der Waals surface area contributed by atoms with Crippen LogP contribution in [-0.4, -0.2) is 199 Å². The highest BCUT2D eigenvalue weighted by Gasteiger charge is 2.52. The first kappa shape index (κ1) is 95.4. The summed E-state index contributed by atoms with van der Waals surface area (Å²) in [5, 5.41) is 106. The monoisotopic (exact) mass is 1890 g/mol. The van der Waals surface area contributed by atoms with Crippen molar-refractivity contribution < 1.29 is 128 Å². The fourth-order valence-corrected chi connectivity index (χ4v) is 20.2. The molecule has 5 fully saturated rings. The summed E-state index contributed by atoms with van der Waals surface area (Å²) in [6.45, 7) is 8.49. The smallest absolute Gasteiger partial charge is 0.408 e. The van der Waals surface area contributed by atoms with Gasteiger partial charge < -0.3 is 118 Å². The van der Waals surface area contributed by atoms with Crippen LogP contribution < -0.4 is 77.3 Å². The lowest BCUT2D eigenvalue weighted by Gasteiger charge is -2.54. The van der Waals surface area contributed by atoms with Crippen molar-refractivity contribution in [3.8, 4) is 62.9 Å². The van der Waals surface area contributed by atoms with Gasteiger partial charge >= 0.3 is 6.09 Å². The molecular weight excluding hydrogens is 1790 g/mol. The average Bonchev–Trinajstić information content (AvgIpc) is 0.905. The van der Waals surface area contributed by atoms with E-state index in [9.17, 15) is 62.2 Å². The molecule has 700 valence electrons. The number of phenols is 3. The molecule has 9 amide bonds. The maximum absolute atomic E-state index is 16.7. The molecule has 0 radical (unpaired) electrons. The first-order valence-electron chi connectivity index (χ1n) is 42.3. The molecule has 15 bridgehead atoms. The van der Waals surface area contributed by atoms with Crippen LogP contribution in [0.2, 0.25) is 10.0 Å². The van der Waals surface area contributed by atoms with Gasteiger partial charge in [-0.1, -0.05) is 72.9 Å². The van der Waals surface area contributed by atoms with E-state index >= 15 is 33.6 Å². The second kappa shape index (κ2) is 39.0. The van der Waals surface area contributed by atoms with Crippen molar-refractivity contribution in [3.05, 3.63) is 171 Å². The number of amides is 9. The number of rotatable bonds is 21. The summed E-state index contributed by atoms with van der Waals surface area (Å²) in [7, 11) is -7.87. The Morgan fingerprint density at radius 3 is 1.83 bits per heavy atom. The van der Waals surface area contributed by atoms with Crippen LogP contribution in [0.15, 0.2) is 137 Å². The van der Waals surface area contributed by atoms with Crippen LogP contribution in [0.3, 0.4) is 0 Å². The van der Waals surface area contributed by atoms with Gasteiger partial charge in [0.1, 0.15) is 120 Å². The Bertz CT molecular complexity index is 5800. The Labute approximate surface area is 762 Å². The Morgan fingerprint density at radius 2 is 1.21 bits per heavy atom. The summed E-state index contributed by atoms with van der Waals surface area (Å²) < 4.78 is 99.1. The van der Waals surface area contributed by atoms with Crippen LogP contribution in [0.1, 0.15) is 143 Å². The van der Waals surface area contributed by atoms with E-state index in [4.69, 9.17) is 61.5 Å². The number of alkyl carbamates (subject to hydrolysis) is 1. The number of hydrogen-bond acceptors (Lipinski definition) is 29. The van der Waals surface area contributed by atoms with Crippen LogP contribution in [0, 0.1) is 36.5 Å². The number of aliphatic hydroxyl groups is 4. The quantitative estimate of drug-likeness (QED) is 0.0319. The fraction of sp³-hybridized carbons (Fsp3) is 0.427. The number of halogens is 2. The van der Waals surface area contributed by atoms with Crippen LogP contribution in [0.5, 0.6) is 51.7 Å². The minimum absolute atomic E-state index is 0.0142. The lowest BCUT2D eigenvalue weighted by Crippen LogP contribution is -2.61. The van der Waals surface area contributed by atoms with E-state index in [1.807, 2.05) is 4.72 Å². The number of aromatic hydroxyl groups is 3. The molecule has 19 N–H and O–H groups in total. The average molecular weight is 1890 g/mol. The molecule has 0 aromatic heterocycles. The van der Waals surface area contributed by atoms with E-state index in [2.05, 4.69) is 47.9 Å². The summed E-state index contributed by atoms with van der Waals surface area (Å²) in [6, 6.07) is 7.17. The number of benzene rings is 7. The highest BCUT2D eigenvalue weighted by molar-refractivity contribution is 7.90. The Morgan fingerprint density at radius 1 is 0.611 bits per heavy atom. The van der Waals surface area contributed by atoms with Gasteiger partial charge in [-0.3, -0.25) is 42.5 Å². The van der Waals surface area contributed by atoms with E-state index in [1.54, 1.807) is 32.9 Å². The molecule has 6 heterocycles. The molecule has 6 aliphatic heterocycles. The number of likely N-dealkylation sites (N-methyl/N-ethyl adjacent to an activating group) is 1. The second-order valence-electron chi connectivity index (χ2n) is 35.0. The first-order chi connectivity index (χ1) is 62.0. The SMILES string of the molecule is CN[C@H](CC(C)C)C(=O)N[C@H]1C(=O)N[C@@H](CC(=O)NS(=O)(=O)c2ccc(OCCOS(=O)(=O)c3ccc(C)cc3)cc2)C(=O)N[C@H]2C(=O)N[C@H]3C(=O)N[C@H](C(=O)N[C@H](C(=O)NC4C5CC6CC(C5)CC4C6)c4cc(O)cc(O)c4-c4cc3ccc4O)[C@H](O)c3ccc(c(Cl)c3)Oc3cc2cc(c3O[C@@H]2O[C@H](CN)[C@@H](O)[C@H](O)[C@H]2O)Oc2ccc(cc2Cl)[C@H]1NC(=O)OC(C)(C)C. The molecule has 131 heavy (non-hydrogen) atoms. The van der Waals surface area contributed by atoms with Crippen LogP contribution in [0.25, 0.3) is 11.1 Å². The van der Waals surface area contributed by atoms with Gasteiger partial charge in [-0.2, -0.15) is 8.42 Å². The van der Waals surface area contributed by atoms with Gasteiger partial charge in [0.15, 0.2) is 11.5 Å². The van der Waals surface area contributed by atoms with Crippen LogP contribution in [0.4, 0.5) is 4.79 Å². The van der Waals surface area contributed by atoms with Crippen molar-refractivity contribution >= 4 is 96.7 Å². The highest BCUT2D eigenvalue weighted by Crippen LogP contribution is 2.55. The molecule has 4 saturated carbocycles. The number of carbonyl (C=O) groups is 9. The van der Waals surface area contributed by atoms with Crippen molar-refractivity contribution in [2.24, 2.45) is 35.3 Å². The predicted octanol–water partition coefficient (Wildman–Crippen LogP) is 5.34. The number of sulfonamides is 1. The van der Waals surface area contributed by atoms with Crippen molar-refractivity contribution in [1.82, 2.24) is 52.6 Å². The zero-order valence-electron chi connectivity index (χ0n) is 71.7. The third-order valence-corrected chi connectivity index (χ3v) is 27.3. The van der Waals surface area contributed by atoms with Crippen molar-refractivity contribution in [1.29, 1.82) is 0 Å². The Kier molecular flexibility index (Phi) is 28.4. The summed E-state index contributed by atoms with van der Waals surface area (Å²) >= 11 is 14.5. The third-order valence-electron chi connectivity index (χ3n) is 24.0. The predicted molar refractivity (Wildman–Crippen MR) is 466 cm³/mol. The molecular formula is C89H101Cl2N11O27S2. The molecule has 7 aromatic carbocycles. The molecule has 38 nitrogen and oxygen atoms in total. The zero-order chi connectivity index (χ0) is 94.3. The maximum atomic E-state index is 16.7. The molecule has 1 saturated heterocycles. The zero-order valence-corrected chi connectivity index (χ0v) is 74.8. The number of aliphatic hydroxyl groups excluding tert-OH is 4. The van der Waals surface area contributed by atoms with Crippen LogP contribution >= 0.6 is 23.2 Å². The number of hydrogen-bond donors (Lipinski definition) is 18. The van der Waals surface area contributed by atoms with Gasteiger partial charge in [0.05, 0.1) is 38.3 Å². The van der Waals surface area contributed by atoms with E-state index in [0.717, 1.165) is 123 Å². The van der Waals surface area contributed by atoms with Gasteiger partial charge in [-0.15, -0.1) is 0 Å². The summed E-state index contributed by atoms with van der Waals surface area (Å²) in [5.74, 6) is -14.9. The lowest BCUT2D eigenvalue weighted by atomic mass is 9.54. The topological polar surface area (TPSA) is 574 Å². The molecule has 7 aromatic rings. The summed E-state index contributed by atoms with van der Waals surface area (Å²) in [6.07, 6.45) is -10.2. The number of ether oxygens (including phenoxy) is 6. The van der Waals surface area contributed by atoms with E-state index in [-0.39, 0.29) is 63.7 Å². The van der Waals surface area contributed by atoms with E-state index < -0.39 is 267 Å². The molecule has 0 unspecified atom stereocenters. The molecule has 42 heteroatoms. The highest BCUT2D eigenvalue weighted by atomic mass is 35.5. The van der Waals surface area contributed by atoms with Gasteiger partial charge in [0, 0.05) is 29.8 Å². The number of aryl methyl sites for hydroxylation is 1. The summed E-state index contributed by atoms with van der Waals surface area (Å²) in [4.78, 5) is 140. The Balaban J connectivity index is 0.933. The van der Waals surface area contributed by atoms with Crippen molar-refractivity contribution in [2.45, 2.75) is 193 Å². The van der Waals surface area contributed by atoms with Gasteiger partial charge in [-0.25, -0.2) is 17.9 Å². The maximum Gasteiger partial charge on any atom is 0.408 e. The number of nitrogens with two attached hydrogens (primary N) is 1. The van der Waals surface area contributed by atoms with Gasteiger partial charge in [0.2, 0.25) is 59.3 Å². The first-order valence-corrected chi connectivity index (χ1v) is 46.0. The standard InChI is InChI=1S/C89H101Cl2N11O27S2/c1-39(2)24-57(93-7)80(111)99-73-69(101-88(118)129-89(4,5)6)44-11-20-61(55(90)31-44)125-63-33-48-34-64(79(63)128-87-78(110)77(109)76(108)65(38-92)127-87)126-62-21-12-45(32-56(62)91)75(107)74-86(117)98-72(84(115)95-68-46-26-41-25-42(28-46)29-47(68)27-41)54-35-49(103)36-60(105)67(54)53-30-43(10-19-59(53)104)70(82(113)100-74)97-83(114)71(48)96-81(112)58(94-85(73)116)37-66(106)102-130(119,120)51-17-13-50(14-18-51)123-22-23-124-131(121,122)52-15-8-40(3)9-16-52/h8-21,30-36,39,41-42,46-47,57-58,65,68-78,87,93,103-105,107-110H,22-29,37-38,92H2,1-7H3,(H,94,116)(H,95,115)(H,96,112)(H,97,114)(H,98,117)(H,99,111)(H,100,113)(H,101,118)(H,102,106)/t41?,42?,46?,47?,57-,58+,65-,68?,69-,70-,71-,72+,73-,74+,75-,76-,77+,78-,87+/m1/s1. The summed E-state index contributed by atoms with van der Waals surface area (Å²) in [5.41, 5.74) is 3.10. The Hall–Kier alpha value is -11.7. The number of fused-ring (bicyclic) bond motifs is 15. The largest absolute Gasteiger partial charge is 0.508 e. The number of nitrogens with one attached hydrogen (secondary N) is 10. The minimum atomic E-state index is -5.09. The van der Waals surface area contributed by atoms with E-state index in [1.165, 1.54) is 58.2 Å². The van der Waals surface area contributed by atoms with Crippen molar-refractivity contribution in [2.75, 3.05) is 26.8 Å². The molecule has 14 atom stereocenters. The van der Waals surface area contributed by atoms with Crippen LogP contribution in [-0.2, 0) is 72.2 Å². The third kappa shape index (κ3) is 21.4. The van der Waals surface area contributed by atoms with Gasteiger partial charge in [0.25, 0.3) is 20.1 Å². The normalized spacial score (nSPS) is 26.2. The second-order valence-corrected chi connectivity index (χ2v) is 39.1. The fourth-order valence-electron chi connectivity index (χ4n) is 17.8. The minimum Gasteiger partial charge on any atom is -0.508 e. The van der Waals surface area contributed by atoms with E-state index in [0.29, 0.717) is 11.8 Å². The van der Waals surface area contributed by atoms with Crippen molar-refractivity contribution in [3.63, 3.8) is 0 Å².